The minimum absolute atomic E-state index is 0.0605. The highest BCUT2D eigenvalue weighted by molar-refractivity contribution is 4.92. The van der Waals surface area contributed by atoms with Gasteiger partial charge in [0.25, 0.3) is 0 Å². The fraction of sp³-hybridized carbons (Fsp3) is 0.800. The first kappa shape index (κ1) is 10.6. The lowest BCUT2D eigenvalue weighted by atomic mass is 10.1. The van der Waals surface area contributed by atoms with Gasteiger partial charge in [0.2, 0.25) is 5.89 Å². The van der Waals surface area contributed by atoms with E-state index in [9.17, 15) is 0 Å². The predicted molar refractivity (Wildman–Crippen MR) is 54.4 cm³/mol. The third kappa shape index (κ3) is 2.54. The number of likely N-dealkylation sites (tertiary alicyclic amines) is 1. The molecule has 0 amide bonds. The van der Waals surface area contributed by atoms with Crippen LogP contribution in [0.15, 0.2) is 4.52 Å². The highest BCUT2D eigenvalue weighted by atomic mass is 16.5. The third-order valence-electron chi connectivity index (χ3n) is 2.93. The summed E-state index contributed by atoms with van der Waals surface area (Å²) in [6, 6.07) is 0.546. The van der Waals surface area contributed by atoms with Crippen LogP contribution >= 0.6 is 0 Å². The van der Waals surface area contributed by atoms with Gasteiger partial charge in [-0.3, -0.25) is 0 Å². The Hall–Kier alpha value is -0.940. The molecular weight excluding hydrogens is 194 g/mol. The SMILES string of the molecule is CN1CCCC1Cc1noc(CCO)n1. The fourth-order valence-corrected chi connectivity index (χ4v) is 2.02. The highest BCUT2D eigenvalue weighted by Crippen LogP contribution is 2.17. The smallest absolute Gasteiger partial charge is 0.228 e. The zero-order valence-electron chi connectivity index (χ0n) is 9.02. The number of aromatic nitrogens is 2. The van der Waals surface area contributed by atoms with Crippen LogP contribution < -0.4 is 0 Å². The molecule has 0 aromatic carbocycles. The Morgan fingerprint density at radius 3 is 3.13 bits per heavy atom. The molecule has 0 bridgehead atoms. The van der Waals surface area contributed by atoms with E-state index in [2.05, 4.69) is 22.1 Å². The summed E-state index contributed by atoms with van der Waals surface area (Å²) in [5.41, 5.74) is 0. The second-order valence-electron chi connectivity index (χ2n) is 4.06. The molecule has 1 aromatic heterocycles. The maximum absolute atomic E-state index is 8.72. The number of nitrogens with zero attached hydrogens (tertiary/aromatic N) is 3. The Morgan fingerprint density at radius 2 is 2.47 bits per heavy atom. The number of likely N-dealkylation sites (N-methyl/N-ethyl adjacent to an activating group) is 1. The lowest BCUT2D eigenvalue weighted by Gasteiger charge is -2.16. The van der Waals surface area contributed by atoms with Crippen molar-refractivity contribution in [3.63, 3.8) is 0 Å². The van der Waals surface area contributed by atoms with Crippen LogP contribution in [-0.4, -0.2) is 46.4 Å². The molecule has 0 saturated carbocycles. The van der Waals surface area contributed by atoms with Crippen LogP contribution in [0.2, 0.25) is 0 Å². The molecule has 0 aliphatic carbocycles. The molecule has 2 rings (SSSR count). The molecule has 1 saturated heterocycles. The maximum Gasteiger partial charge on any atom is 0.228 e. The van der Waals surface area contributed by atoms with E-state index in [1.54, 1.807) is 0 Å². The first-order valence-electron chi connectivity index (χ1n) is 5.42. The first-order chi connectivity index (χ1) is 7.29. The Morgan fingerprint density at radius 1 is 1.60 bits per heavy atom. The van der Waals surface area contributed by atoms with Gasteiger partial charge in [0.05, 0.1) is 13.0 Å². The van der Waals surface area contributed by atoms with Crippen LogP contribution in [0.4, 0.5) is 0 Å². The van der Waals surface area contributed by atoms with Crippen molar-refractivity contribution in [2.45, 2.75) is 31.7 Å². The van der Waals surface area contributed by atoms with Crippen LogP contribution in [0.25, 0.3) is 0 Å². The molecule has 1 aliphatic heterocycles. The van der Waals surface area contributed by atoms with Crippen molar-refractivity contribution in [1.82, 2.24) is 15.0 Å². The van der Waals surface area contributed by atoms with Gasteiger partial charge < -0.3 is 14.5 Å². The van der Waals surface area contributed by atoms with Gasteiger partial charge in [-0.2, -0.15) is 4.98 Å². The molecule has 5 nitrogen and oxygen atoms in total. The highest BCUT2D eigenvalue weighted by Gasteiger charge is 2.22. The standard InChI is InChI=1S/C10H17N3O2/c1-13-5-2-3-8(13)7-9-11-10(4-6-14)15-12-9/h8,14H,2-7H2,1H3. The third-order valence-corrected chi connectivity index (χ3v) is 2.93. The zero-order valence-corrected chi connectivity index (χ0v) is 9.02. The molecule has 1 aromatic rings. The van der Waals surface area contributed by atoms with E-state index in [0.717, 1.165) is 18.8 Å². The Kier molecular flexibility index (Phi) is 3.33. The Bertz CT molecular complexity index is 313. The molecule has 15 heavy (non-hydrogen) atoms. The van der Waals surface area contributed by atoms with Crippen LogP contribution in [0.1, 0.15) is 24.6 Å². The first-order valence-corrected chi connectivity index (χ1v) is 5.42. The van der Waals surface area contributed by atoms with Gasteiger partial charge >= 0.3 is 0 Å². The second-order valence-corrected chi connectivity index (χ2v) is 4.06. The van der Waals surface area contributed by atoms with Gasteiger partial charge in [-0.25, -0.2) is 0 Å². The summed E-state index contributed by atoms with van der Waals surface area (Å²) in [5, 5.41) is 12.6. The summed E-state index contributed by atoms with van der Waals surface area (Å²) in [5.74, 6) is 1.30. The molecule has 1 aliphatic rings. The maximum atomic E-state index is 8.72. The van der Waals surface area contributed by atoms with E-state index < -0.39 is 0 Å². The zero-order chi connectivity index (χ0) is 10.7. The molecule has 0 radical (unpaired) electrons. The molecule has 1 atom stereocenters. The normalized spacial score (nSPS) is 22.4. The van der Waals surface area contributed by atoms with Crippen molar-refractivity contribution in [2.75, 3.05) is 20.2 Å². The summed E-state index contributed by atoms with van der Waals surface area (Å²) in [4.78, 5) is 6.57. The van der Waals surface area contributed by atoms with E-state index >= 15 is 0 Å². The number of aliphatic hydroxyl groups excluding tert-OH is 1. The predicted octanol–water partition coefficient (Wildman–Crippen LogP) is 0.241. The molecule has 84 valence electrons. The van der Waals surface area contributed by atoms with Crippen LogP contribution in [0, 0.1) is 0 Å². The summed E-state index contributed by atoms with van der Waals surface area (Å²) in [7, 11) is 2.13. The molecule has 0 spiro atoms. The minimum Gasteiger partial charge on any atom is -0.396 e. The quantitative estimate of drug-likeness (QED) is 0.773. The topological polar surface area (TPSA) is 62.4 Å². The van der Waals surface area contributed by atoms with Crippen molar-refractivity contribution >= 4 is 0 Å². The van der Waals surface area contributed by atoms with Gasteiger partial charge in [0.15, 0.2) is 5.82 Å². The van der Waals surface area contributed by atoms with Crippen molar-refractivity contribution in [3.8, 4) is 0 Å². The second kappa shape index (κ2) is 4.72. The van der Waals surface area contributed by atoms with Gasteiger partial charge in [-0.1, -0.05) is 5.16 Å². The van der Waals surface area contributed by atoms with Gasteiger partial charge in [0, 0.05) is 12.5 Å². The van der Waals surface area contributed by atoms with Crippen molar-refractivity contribution in [1.29, 1.82) is 0 Å². The van der Waals surface area contributed by atoms with Crippen LogP contribution in [0.5, 0.6) is 0 Å². The lowest BCUT2D eigenvalue weighted by Crippen LogP contribution is -2.27. The summed E-state index contributed by atoms with van der Waals surface area (Å²) in [6.45, 7) is 1.22. The molecule has 1 unspecified atom stereocenters. The van der Waals surface area contributed by atoms with Gasteiger partial charge in [0.1, 0.15) is 0 Å². The molecular formula is C10H17N3O2. The van der Waals surface area contributed by atoms with E-state index in [0.29, 0.717) is 18.4 Å². The van der Waals surface area contributed by atoms with Gasteiger partial charge in [-0.15, -0.1) is 0 Å². The number of hydrogen-bond donors (Lipinski definition) is 1. The summed E-state index contributed by atoms with van der Waals surface area (Å²) >= 11 is 0. The summed E-state index contributed by atoms with van der Waals surface area (Å²) in [6.07, 6.45) is 3.77. The number of rotatable bonds is 4. The largest absolute Gasteiger partial charge is 0.396 e. The summed E-state index contributed by atoms with van der Waals surface area (Å²) < 4.78 is 5.01. The average Bonchev–Trinajstić information content (AvgIpc) is 2.79. The van der Waals surface area contributed by atoms with E-state index in [1.807, 2.05) is 0 Å². The Balaban J connectivity index is 1.92. The van der Waals surface area contributed by atoms with Crippen molar-refractivity contribution in [3.05, 3.63) is 11.7 Å². The monoisotopic (exact) mass is 211 g/mol. The number of aliphatic hydroxyl groups is 1. The lowest BCUT2D eigenvalue weighted by molar-refractivity contribution is 0.272. The molecule has 5 heteroatoms. The van der Waals surface area contributed by atoms with E-state index in [4.69, 9.17) is 9.63 Å². The fourth-order valence-electron chi connectivity index (χ4n) is 2.02. The molecule has 2 heterocycles. The molecule has 1 N–H and O–H groups in total. The van der Waals surface area contributed by atoms with Crippen LogP contribution in [0.3, 0.4) is 0 Å². The number of hydrogen-bond acceptors (Lipinski definition) is 5. The van der Waals surface area contributed by atoms with Crippen molar-refractivity contribution < 1.29 is 9.63 Å². The average molecular weight is 211 g/mol. The van der Waals surface area contributed by atoms with Crippen LogP contribution in [-0.2, 0) is 12.8 Å². The Labute approximate surface area is 89.1 Å². The van der Waals surface area contributed by atoms with Gasteiger partial charge in [-0.05, 0) is 26.4 Å². The van der Waals surface area contributed by atoms with Crippen molar-refractivity contribution in [2.24, 2.45) is 0 Å². The minimum atomic E-state index is 0.0605. The molecule has 1 fully saturated rings. The van der Waals surface area contributed by atoms with E-state index in [1.165, 1.54) is 12.8 Å². The van der Waals surface area contributed by atoms with E-state index in [-0.39, 0.29) is 6.61 Å².